The van der Waals surface area contributed by atoms with Crippen LogP contribution in [0.5, 0.6) is 0 Å². The largest absolute Gasteiger partial charge is 0.418 e. The molecule has 2 aromatic rings. The number of benzene rings is 1. The highest BCUT2D eigenvalue weighted by Crippen LogP contribution is 2.36. The second-order valence-electron chi connectivity index (χ2n) is 5.77. The van der Waals surface area contributed by atoms with Crippen LogP contribution in [0.1, 0.15) is 29.2 Å². The van der Waals surface area contributed by atoms with E-state index in [9.17, 15) is 23.3 Å². The summed E-state index contributed by atoms with van der Waals surface area (Å²) < 4.78 is 38.2. The monoisotopic (exact) mass is 352 g/mol. The third-order valence-electron chi connectivity index (χ3n) is 4.22. The average molecular weight is 352 g/mol. The van der Waals surface area contributed by atoms with Gasteiger partial charge in [0.25, 0.3) is 0 Å². The number of alkyl halides is 3. The minimum Gasteiger partial charge on any atom is -0.334 e. The van der Waals surface area contributed by atoms with Crippen molar-refractivity contribution in [3.8, 4) is 0 Å². The molecule has 1 atom stereocenters. The van der Waals surface area contributed by atoms with Gasteiger partial charge < -0.3 is 10.6 Å². The molecule has 9 heteroatoms. The predicted molar refractivity (Wildman–Crippen MR) is 85.7 cm³/mol. The summed E-state index contributed by atoms with van der Waals surface area (Å²) in [5.74, 6) is -0.221. The number of rotatable bonds is 4. The molecule has 1 aliphatic carbocycles. The number of halogens is 3. The van der Waals surface area contributed by atoms with E-state index in [-0.39, 0.29) is 11.9 Å². The number of nitrogens with zero attached hydrogens (tertiary/aromatic N) is 2. The van der Waals surface area contributed by atoms with E-state index < -0.39 is 22.4 Å². The summed E-state index contributed by atoms with van der Waals surface area (Å²) in [6.07, 6.45) is -2.29. The Balaban J connectivity index is 1.92. The fourth-order valence-corrected chi connectivity index (χ4v) is 2.98. The Bertz CT molecular complexity index is 824. The van der Waals surface area contributed by atoms with Gasteiger partial charge in [-0.05, 0) is 43.1 Å². The van der Waals surface area contributed by atoms with E-state index in [2.05, 4.69) is 15.6 Å². The second kappa shape index (κ2) is 6.32. The first-order chi connectivity index (χ1) is 11.8. The molecule has 0 saturated heterocycles. The lowest BCUT2D eigenvalue weighted by molar-refractivity contribution is -0.384. The Morgan fingerprint density at radius 2 is 2.08 bits per heavy atom. The van der Waals surface area contributed by atoms with Gasteiger partial charge in [-0.25, -0.2) is 4.98 Å². The normalized spacial score (nSPS) is 16.6. The van der Waals surface area contributed by atoms with E-state index in [0.717, 1.165) is 24.0 Å². The highest BCUT2D eigenvalue weighted by molar-refractivity contribution is 5.67. The van der Waals surface area contributed by atoms with Gasteiger partial charge in [0.2, 0.25) is 5.82 Å². The Morgan fingerprint density at radius 3 is 2.72 bits per heavy atom. The second-order valence-corrected chi connectivity index (χ2v) is 5.77. The lowest BCUT2D eigenvalue weighted by Gasteiger charge is -2.12. The third kappa shape index (κ3) is 3.41. The molecule has 25 heavy (non-hydrogen) atoms. The number of nitro groups is 1. The number of hydrogen-bond donors (Lipinski definition) is 2. The van der Waals surface area contributed by atoms with E-state index in [0.29, 0.717) is 18.0 Å². The Morgan fingerprint density at radius 1 is 1.32 bits per heavy atom. The zero-order valence-electron chi connectivity index (χ0n) is 13.2. The van der Waals surface area contributed by atoms with Crippen LogP contribution in [-0.4, -0.2) is 17.0 Å². The number of aromatic nitrogens is 1. The van der Waals surface area contributed by atoms with Crippen molar-refractivity contribution in [3.05, 3.63) is 57.3 Å². The van der Waals surface area contributed by atoms with Crippen molar-refractivity contribution >= 4 is 17.2 Å². The van der Waals surface area contributed by atoms with Gasteiger partial charge in [-0.15, -0.1) is 0 Å². The summed E-state index contributed by atoms with van der Waals surface area (Å²) in [6, 6.07) is 6.23. The molecule has 0 fully saturated rings. The minimum atomic E-state index is -4.69. The lowest BCUT2D eigenvalue weighted by atomic mass is 10.1. The highest BCUT2D eigenvalue weighted by atomic mass is 19.4. The van der Waals surface area contributed by atoms with Gasteiger partial charge in [-0.3, -0.25) is 10.1 Å². The number of nitrogens with one attached hydrogen (secondary N) is 2. The van der Waals surface area contributed by atoms with Crippen LogP contribution in [0, 0.1) is 10.1 Å². The number of aryl methyl sites for hydroxylation is 1. The van der Waals surface area contributed by atoms with Crippen LogP contribution in [-0.2, 0) is 12.6 Å². The van der Waals surface area contributed by atoms with Crippen LogP contribution >= 0.6 is 0 Å². The first kappa shape index (κ1) is 17.2. The smallest absolute Gasteiger partial charge is 0.334 e. The molecule has 2 N–H and O–H groups in total. The third-order valence-corrected chi connectivity index (χ3v) is 4.22. The average Bonchev–Trinajstić information content (AvgIpc) is 2.96. The van der Waals surface area contributed by atoms with Crippen molar-refractivity contribution < 1.29 is 18.1 Å². The van der Waals surface area contributed by atoms with E-state index >= 15 is 0 Å². The molecule has 1 aliphatic rings. The summed E-state index contributed by atoms with van der Waals surface area (Å²) in [6.45, 7) is 0. The van der Waals surface area contributed by atoms with Crippen LogP contribution in [0.15, 0.2) is 30.5 Å². The first-order valence-corrected chi connectivity index (χ1v) is 7.58. The van der Waals surface area contributed by atoms with Gasteiger partial charge >= 0.3 is 11.9 Å². The number of anilines is 2. The molecule has 0 bridgehead atoms. The van der Waals surface area contributed by atoms with E-state index in [1.807, 2.05) is 19.2 Å². The molecule has 1 aromatic carbocycles. The zero-order chi connectivity index (χ0) is 18.2. The van der Waals surface area contributed by atoms with Gasteiger partial charge in [-0.1, -0.05) is 6.07 Å². The first-order valence-electron chi connectivity index (χ1n) is 7.58. The molecule has 0 aliphatic heterocycles. The van der Waals surface area contributed by atoms with Gasteiger partial charge in [-0.2, -0.15) is 13.2 Å². The number of fused-ring (bicyclic) bond motifs is 1. The fraction of sp³-hybridized carbons (Fsp3) is 0.312. The van der Waals surface area contributed by atoms with Crippen molar-refractivity contribution in [1.29, 1.82) is 0 Å². The molecule has 0 spiro atoms. The van der Waals surface area contributed by atoms with Crippen LogP contribution in [0.2, 0.25) is 0 Å². The fourth-order valence-electron chi connectivity index (χ4n) is 2.98. The van der Waals surface area contributed by atoms with E-state index in [4.69, 9.17) is 0 Å². The minimum absolute atomic E-state index is 0.221. The van der Waals surface area contributed by atoms with Crippen molar-refractivity contribution in [2.75, 3.05) is 12.4 Å². The summed E-state index contributed by atoms with van der Waals surface area (Å²) in [4.78, 5) is 13.8. The van der Waals surface area contributed by atoms with Gasteiger partial charge in [0.1, 0.15) is 0 Å². The Labute approximate surface area is 141 Å². The van der Waals surface area contributed by atoms with Crippen molar-refractivity contribution in [3.63, 3.8) is 0 Å². The van der Waals surface area contributed by atoms with Crippen LogP contribution in [0.3, 0.4) is 0 Å². The van der Waals surface area contributed by atoms with Crippen molar-refractivity contribution in [2.24, 2.45) is 0 Å². The predicted octanol–water partition coefficient (Wildman–Crippen LogP) is 3.96. The molecule has 1 aromatic heterocycles. The van der Waals surface area contributed by atoms with Crippen molar-refractivity contribution in [1.82, 2.24) is 10.3 Å². The SMILES string of the molecule is CNC1CCc2cc(Nc3ncc(C(F)(F)F)cc3[N+](=O)[O-])ccc21. The van der Waals surface area contributed by atoms with Gasteiger partial charge in [0, 0.05) is 24.0 Å². The standard InChI is InChI=1S/C16H15F3N4O2/c1-20-13-5-2-9-6-11(3-4-12(9)13)22-15-14(23(24)25)7-10(8-21-15)16(17,18)19/h3-4,6-8,13,20H,2,5H2,1H3,(H,21,22). The molecule has 0 radical (unpaired) electrons. The molecule has 1 unspecified atom stereocenters. The molecule has 0 saturated carbocycles. The summed E-state index contributed by atoms with van der Waals surface area (Å²) in [5, 5.41) is 17.1. The maximum atomic E-state index is 12.7. The number of pyridine rings is 1. The molecule has 3 rings (SSSR count). The zero-order valence-corrected chi connectivity index (χ0v) is 13.2. The summed E-state index contributed by atoms with van der Waals surface area (Å²) in [7, 11) is 1.88. The van der Waals surface area contributed by atoms with Crippen LogP contribution in [0.25, 0.3) is 0 Å². The lowest BCUT2D eigenvalue weighted by Crippen LogP contribution is -2.12. The van der Waals surface area contributed by atoms with E-state index in [1.165, 1.54) is 0 Å². The van der Waals surface area contributed by atoms with Crippen LogP contribution in [0.4, 0.5) is 30.4 Å². The van der Waals surface area contributed by atoms with Gasteiger partial charge in [0.05, 0.1) is 10.5 Å². The molecular formula is C16H15F3N4O2. The van der Waals surface area contributed by atoms with Crippen molar-refractivity contribution in [2.45, 2.75) is 25.1 Å². The van der Waals surface area contributed by atoms with E-state index in [1.54, 1.807) is 6.07 Å². The maximum Gasteiger partial charge on any atom is 0.418 e. The Kier molecular flexibility index (Phi) is 4.34. The molecule has 6 nitrogen and oxygen atoms in total. The molecule has 132 valence electrons. The molecular weight excluding hydrogens is 337 g/mol. The quantitative estimate of drug-likeness (QED) is 0.643. The summed E-state index contributed by atoms with van der Waals surface area (Å²) in [5.41, 5.74) is 0.923. The number of hydrogen-bond acceptors (Lipinski definition) is 5. The highest BCUT2D eigenvalue weighted by Gasteiger charge is 2.34. The van der Waals surface area contributed by atoms with Crippen LogP contribution < -0.4 is 10.6 Å². The van der Waals surface area contributed by atoms with Gasteiger partial charge in [0.15, 0.2) is 0 Å². The summed E-state index contributed by atoms with van der Waals surface area (Å²) >= 11 is 0. The molecule has 1 heterocycles. The Hall–Kier alpha value is -2.68. The maximum absolute atomic E-state index is 12.7. The molecule has 0 amide bonds. The topological polar surface area (TPSA) is 80.1 Å².